The summed E-state index contributed by atoms with van der Waals surface area (Å²) in [6.07, 6.45) is 9.01. The topological polar surface area (TPSA) is 138 Å². The maximum Gasteiger partial charge on any atom is 0.347 e. The van der Waals surface area contributed by atoms with Crippen LogP contribution in [-0.2, 0) is 42.1 Å². The van der Waals surface area contributed by atoms with Crippen molar-refractivity contribution in [2.75, 3.05) is 13.7 Å². The number of carbonyl (C=O) groups excluding carboxylic acids is 4. The maximum atomic E-state index is 13.5. The monoisotopic (exact) mass is 656 g/mol. The van der Waals surface area contributed by atoms with Crippen molar-refractivity contribution in [2.45, 2.75) is 72.1 Å². The molecule has 12 heteroatoms. The lowest BCUT2D eigenvalue weighted by Crippen LogP contribution is -2.51. The number of carbonyl (C=O) groups is 4. The lowest BCUT2D eigenvalue weighted by Gasteiger charge is -2.29. The van der Waals surface area contributed by atoms with Gasteiger partial charge in [0.15, 0.2) is 6.10 Å². The van der Waals surface area contributed by atoms with Gasteiger partial charge in [0.1, 0.15) is 17.9 Å². The molecule has 0 spiro atoms. The number of nitrogens with zero attached hydrogens (tertiary/aromatic N) is 2. The van der Waals surface area contributed by atoms with Crippen LogP contribution in [0.1, 0.15) is 58.6 Å². The molecule has 0 fully saturated rings. The molecule has 2 amide bonds. The first-order valence-electron chi connectivity index (χ1n) is 15.3. The van der Waals surface area contributed by atoms with Gasteiger partial charge in [-0.15, -0.1) is 0 Å². The summed E-state index contributed by atoms with van der Waals surface area (Å²) in [6.45, 7) is 8.86. The summed E-state index contributed by atoms with van der Waals surface area (Å²) in [6, 6.07) is 4.13. The van der Waals surface area contributed by atoms with E-state index in [4.69, 9.17) is 25.8 Å². The Hall–Kier alpha value is -4.12. The van der Waals surface area contributed by atoms with Gasteiger partial charge in [0.05, 0.1) is 23.7 Å². The Balaban J connectivity index is 1.93. The van der Waals surface area contributed by atoms with Gasteiger partial charge in [-0.2, -0.15) is 5.10 Å². The number of rotatable bonds is 8. The van der Waals surface area contributed by atoms with Crippen LogP contribution in [0.4, 0.5) is 0 Å². The number of aromatic nitrogens is 2. The number of ether oxygens (including phenoxy) is 3. The number of nitrogens with one attached hydrogen (secondary N) is 2. The number of hydrogen-bond acceptors (Lipinski definition) is 8. The van der Waals surface area contributed by atoms with Crippen LogP contribution < -0.4 is 15.4 Å². The predicted octanol–water partition coefficient (Wildman–Crippen LogP) is 4.43. The molecule has 1 aliphatic heterocycles. The summed E-state index contributed by atoms with van der Waals surface area (Å²) in [7, 11) is 3.32. The molecule has 2 N–H and O–H groups in total. The van der Waals surface area contributed by atoms with E-state index in [-0.39, 0.29) is 37.6 Å². The number of esters is 2. The molecule has 0 radical (unpaired) electrons. The summed E-state index contributed by atoms with van der Waals surface area (Å²) in [5, 5.41) is 10.1. The van der Waals surface area contributed by atoms with Crippen LogP contribution >= 0.6 is 11.6 Å². The lowest BCUT2D eigenvalue weighted by molar-refractivity contribution is -0.178. The van der Waals surface area contributed by atoms with Crippen molar-refractivity contribution in [2.24, 2.45) is 24.3 Å². The van der Waals surface area contributed by atoms with Crippen LogP contribution in [-0.4, -0.2) is 65.4 Å². The van der Waals surface area contributed by atoms with Gasteiger partial charge in [-0.25, -0.2) is 4.79 Å². The second-order valence-corrected chi connectivity index (χ2v) is 13.0. The van der Waals surface area contributed by atoms with E-state index in [9.17, 15) is 19.2 Å². The van der Waals surface area contributed by atoms with E-state index >= 15 is 0 Å². The molecule has 2 heterocycles. The molecular weight excluding hydrogens is 612 g/mol. The Morgan fingerprint density at radius 1 is 1.17 bits per heavy atom. The molecule has 0 aliphatic carbocycles. The summed E-state index contributed by atoms with van der Waals surface area (Å²) >= 11 is 6.30. The van der Waals surface area contributed by atoms with E-state index in [1.54, 1.807) is 49.0 Å². The molecule has 250 valence electrons. The third-order valence-corrected chi connectivity index (χ3v) is 7.85. The Morgan fingerprint density at radius 3 is 2.54 bits per heavy atom. The van der Waals surface area contributed by atoms with Gasteiger partial charge < -0.3 is 24.8 Å². The highest BCUT2D eigenvalue weighted by Crippen LogP contribution is 2.26. The fourth-order valence-electron chi connectivity index (χ4n) is 4.73. The number of amides is 2. The molecule has 0 unspecified atom stereocenters. The molecule has 4 atom stereocenters. The fourth-order valence-corrected chi connectivity index (χ4v) is 5.01. The van der Waals surface area contributed by atoms with E-state index in [1.165, 1.54) is 13.2 Å². The van der Waals surface area contributed by atoms with E-state index in [2.05, 4.69) is 15.7 Å². The highest BCUT2D eigenvalue weighted by Gasteiger charge is 2.37. The smallest absolute Gasteiger partial charge is 0.347 e. The largest absolute Gasteiger partial charge is 0.495 e. The van der Waals surface area contributed by atoms with Crippen LogP contribution in [0.25, 0.3) is 6.08 Å². The standard InChI is InChI=1S/C34H45ClN4O7/c1-21(2)15-29-32(42)45-27(22(3)11-12-24-18-37-39(6)19-24)9-8-10-30(40)38-26(17-23-13-14-28(44-7)25(35)16-23)31(41)36-20-34(4,5)33(43)46-29/h8,10-14,16,18-19,21-22,26-27,29H,9,15,17,20H2,1-7H3,(H,36,41)(H,38,40)/b10-8-,12-11+/t22-,26-,27+,29+/m1/s1. The van der Waals surface area contributed by atoms with Crippen molar-refractivity contribution in [3.05, 3.63) is 65.0 Å². The highest BCUT2D eigenvalue weighted by atomic mass is 35.5. The van der Waals surface area contributed by atoms with E-state index < -0.39 is 47.4 Å². The van der Waals surface area contributed by atoms with E-state index in [0.29, 0.717) is 16.3 Å². The first-order chi connectivity index (χ1) is 21.7. The van der Waals surface area contributed by atoms with Crippen LogP contribution in [0.2, 0.25) is 5.02 Å². The van der Waals surface area contributed by atoms with Gasteiger partial charge in [-0.1, -0.05) is 56.7 Å². The number of methoxy groups -OCH3 is 1. The zero-order valence-electron chi connectivity index (χ0n) is 27.5. The van der Waals surface area contributed by atoms with Gasteiger partial charge in [0, 0.05) is 44.1 Å². The molecule has 0 saturated carbocycles. The van der Waals surface area contributed by atoms with Gasteiger partial charge >= 0.3 is 11.9 Å². The molecule has 2 aromatic rings. The molecule has 3 rings (SSSR count). The molecule has 1 aliphatic rings. The van der Waals surface area contributed by atoms with Crippen molar-refractivity contribution in [1.82, 2.24) is 20.4 Å². The maximum absolute atomic E-state index is 13.5. The van der Waals surface area contributed by atoms with Crippen molar-refractivity contribution < 1.29 is 33.4 Å². The van der Waals surface area contributed by atoms with Crippen molar-refractivity contribution in [1.29, 1.82) is 0 Å². The van der Waals surface area contributed by atoms with Gasteiger partial charge in [-0.05, 0) is 50.0 Å². The van der Waals surface area contributed by atoms with Crippen LogP contribution in [0.3, 0.4) is 0 Å². The minimum absolute atomic E-state index is 0.0240. The Labute approximate surface area is 275 Å². The predicted molar refractivity (Wildman–Crippen MR) is 175 cm³/mol. The van der Waals surface area contributed by atoms with Gasteiger partial charge in [-0.3, -0.25) is 19.1 Å². The summed E-state index contributed by atoms with van der Waals surface area (Å²) in [5.41, 5.74) is 0.375. The molecule has 0 bridgehead atoms. The number of benzene rings is 1. The third-order valence-electron chi connectivity index (χ3n) is 7.55. The quantitative estimate of drug-likeness (QED) is 0.398. The number of cyclic esters (lactones) is 2. The van der Waals surface area contributed by atoms with Crippen LogP contribution in [0.15, 0.2) is 48.8 Å². The van der Waals surface area contributed by atoms with Crippen LogP contribution in [0, 0.1) is 17.3 Å². The van der Waals surface area contributed by atoms with E-state index in [0.717, 1.165) is 5.56 Å². The fraction of sp³-hybridized carbons (Fsp3) is 0.500. The second kappa shape index (κ2) is 16.4. The van der Waals surface area contributed by atoms with Gasteiger partial charge in [0.2, 0.25) is 11.8 Å². The summed E-state index contributed by atoms with van der Waals surface area (Å²) in [4.78, 5) is 53.3. The Kier molecular flexibility index (Phi) is 13.0. The van der Waals surface area contributed by atoms with E-state index in [1.807, 2.05) is 46.2 Å². The van der Waals surface area contributed by atoms with Crippen LogP contribution in [0.5, 0.6) is 5.75 Å². The summed E-state index contributed by atoms with van der Waals surface area (Å²) < 4.78 is 18.6. The van der Waals surface area contributed by atoms with Crippen molar-refractivity contribution in [3.63, 3.8) is 0 Å². The molecule has 0 saturated heterocycles. The Morgan fingerprint density at radius 2 is 1.91 bits per heavy atom. The number of hydrogen-bond donors (Lipinski definition) is 2. The minimum atomic E-state index is -1.20. The lowest BCUT2D eigenvalue weighted by atomic mass is 9.93. The zero-order valence-corrected chi connectivity index (χ0v) is 28.3. The summed E-state index contributed by atoms with van der Waals surface area (Å²) in [5.74, 6) is -2.10. The zero-order chi connectivity index (χ0) is 34.0. The second-order valence-electron chi connectivity index (χ2n) is 12.6. The average Bonchev–Trinajstić information content (AvgIpc) is 3.41. The molecule has 1 aromatic heterocycles. The minimum Gasteiger partial charge on any atom is -0.495 e. The first-order valence-corrected chi connectivity index (χ1v) is 15.7. The molecular formula is C34H45ClN4O7. The Bertz CT molecular complexity index is 1450. The van der Waals surface area contributed by atoms with Gasteiger partial charge in [0.25, 0.3) is 0 Å². The normalized spacial score (nSPS) is 22.9. The number of aryl methyl sites for hydroxylation is 1. The van der Waals surface area contributed by atoms with Crippen molar-refractivity contribution in [3.8, 4) is 5.75 Å². The average molecular weight is 657 g/mol. The molecule has 46 heavy (non-hydrogen) atoms. The number of halogens is 1. The first kappa shape index (κ1) is 36.3. The SMILES string of the molecule is COc1ccc(C[C@H]2NC(=O)/C=C\C[C@@H]([C@H](C)/C=C/c3cnn(C)c3)OC(=O)[C@H](CC(C)C)OC(=O)C(C)(C)CNC2=O)cc1Cl. The highest BCUT2D eigenvalue weighted by molar-refractivity contribution is 6.32. The molecule has 1 aromatic carbocycles. The third kappa shape index (κ3) is 10.8. The van der Waals surface area contributed by atoms with Crippen molar-refractivity contribution >= 4 is 41.4 Å². The molecule has 11 nitrogen and oxygen atoms in total.